The third kappa shape index (κ3) is 5.02. The average Bonchev–Trinajstić information content (AvgIpc) is 2.91. The van der Waals surface area contributed by atoms with Crippen LogP contribution in [-0.4, -0.2) is 28.8 Å². The highest BCUT2D eigenvalue weighted by Gasteiger charge is 2.35. The number of rotatable bonds is 6. The predicted octanol–water partition coefficient (Wildman–Crippen LogP) is 3.71. The topological polar surface area (TPSA) is 58.6 Å². The summed E-state index contributed by atoms with van der Waals surface area (Å²) in [5, 5.41) is 12.9. The molecule has 4 nitrogen and oxygen atoms in total. The van der Waals surface area contributed by atoms with Crippen LogP contribution in [0.15, 0.2) is 42.5 Å². The molecule has 27 heavy (non-hydrogen) atoms. The molecule has 0 radical (unpaired) electrons. The summed E-state index contributed by atoms with van der Waals surface area (Å²) < 4.78 is 6.22. The van der Waals surface area contributed by atoms with E-state index in [1.165, 1.54) is 5.56 Å². The SMILES string of the molecule is CC(C)(CO)NC(=O)Cc1ccc2c(c1)CC(C)(Cc1ccc(Cl)cc1)O2. The second kappa shape index (κ2) is 7.53. The van der Waals surface area contributed by atoms with Gasteiger partial charge in [0, 0.05) is 17.9 Å². The van der Waals surface area contributed by atoms with Gasteiger partial charge in [-0.15, -0.1) is 0 Å². The van der Waals surface area contributed by atoms with Crippen LogP contribution in [0.1, 0.15) is 37.5 Å². The monoisotopic (exact) mass is 387 g/mol. The van der Waals surface area contributed by atoms with Crippen LogP contribution >= 0.6 is 11.6 Å². The molecule has 1 heterocycles. The molecule has 0 aliphatic carbocycles. The van der Waals surface area contributed by atoms with Gasteiger partial charge in [-0.3, -0.25) is 4.79 Å². The molecular formula is C22H26ClNO3. The van der Waals surface area contributed by atoms with Crippen LogP contribution in [0.25, 0.3) is 0 Å². The average molecular weight is 388 g/mol. The fourth-order valence-corrected chi connectivity index (χ4v) is 3.59. The third-order valence-electron chi connectivity index (χ3n) is 4.77. The highest BCUT2D eigenvalue weighted by atomic mass is 35.5. The Bertz CT molecular complexity index is 832. The smallest absolute Gasteiger partial charge is 0.224 e. The third-order valence-corrected chi connectivity index (χ3v) is 5.03. The lowest BCUT2D eigenvalue weighted by Crippen LogP contribution is -2.46. The second-order valence-corrected chi connectivity index (χ2v) is 8.68. The van der Waals surface area contributed by atoms with E-state index in [4.69, 9.17) is 16.3 Å². The Hall–Kier alpha value is -2.04. The summed E-state index contributed by atoms with van der Waals surface area (Å²) in [4.78, 5) is 12.2. The van der Waals surface area contributed by atoms with Crippen LogP contribution in [0.3, 0.4) is 0 Å². The lowest BCUT2D eigenvalue weighted by atomic mass is 9.91. The lowest BCUT2D eigenvalue weighted by Gasteiger charge is -2.24. The van der Waals surface area contributed by atoms with Gasteiger partial charge in [-0.2, -0.15) is 0 Å². The molecule has 0 saturated carbocycles. The molecule has 1 amide bonds. The number of aliphatic hydroxyl groups is 1. The van der Waals surface area contributed by atoms with Gasteiger partial charge in [0.05, 0.1) is 18.6 Å². The second-order valence-electron chi connectivity index (χ2n) is 8.24. The first kappa shape index (κ1) is 19.7. The van der Waals surface area contributed by atoms with E-state index in [1.54, 1.807) is 13.8 Å². The largest absolute Gasteiger partial charge is 0.487 e. The molecule has 5 heteroatoms. The Morgan fingerprint density at radius 1 is 1.22 bits per heavy atom. The molecule has 3 rings (SSSR count). The first-order valence-electron chi connectivity index (χ1n) is 9.15. The number of aliphatic hydroxyl groups excluding tert-OH is 1. The Morgan fingerprint density at radius 2 is 1.89 bits per heavy atom. The van der Waals surface area contributed by atoms with Gasteiger partial charge in [-0.1, -0.05) is 35.9 Å². The molecule has 1 unspecified atom stereocenters. The molecule has 0 spiro atoms. The van der Waals surface area contributed by atoms with Gasteiger partial charge in [-0.25, -0.2) is 0 Å². The maximum Gasteiger partial charge on any atom is 0.224 e. The molecule has 2 aromatic rings. The van der Waals surface area contributed by atoms with Crippen molar-refractivity contribution in [3.05, 3.63) is 64.2 Å². The molecule has 0 fully saturated rings. The Kier molecular flexibility index (Phi) is 5.50. The van der Waals surface area contributed by atoms with Crippen LogP contribution < -0.4 is 10.1 Å². The van der Waals surface area contributed by atoms with Gasteiger partial charge < -0.3 is 15.2 Å². The van der Waals surface area contributed by atoms with Crippen LogP contribution in [0.5, 0.6) is 5.75 Å². The number of amides is 1. The fraction of sp³-hybridized carbons (Fsp3) is 0.409. The van der Waals surface area contributed by atoms with Crippen molar-refractivity contribution in [2.75, 3.05) is 6.61 Å². The van der Waals surface area contributed by atoms with Crippen molar-refractivity contribution in [3.63, 3.8) is 0 Å². The van der Waals surface area contributed by atoms with E-state index in [1.807, 2.05) is 42.5 Å². The lowest BCUT2D eigenvalue weighted by molar-refractivity contribution is -0.122. The Balaban J connectivity index is 1.67. The number of carbonyl (C=O) groups is 1. The Labute approximate surface area is 165 Å². The summed E-state index contributed by atoms with van der Waals surface area (Å²) in [7, 11) is 0. The molecule has 0 bridgehead atoms. The summed E-state index contributed by atoms with van der Waals surface area (Å²) in [6, 6.07) is 13.8. The summed E-state index contributed by atoms with van der Waals surface area (Å²) >= 11 is 5.97. The molecule has 0 aromatic heterocycles. The molecular weight excluding hydrogens is 362 g/mol. The number of ether oxygens (including phenoxy) is 1. The van der Waals surface area contributed by atoms with E-state index in [0.717, 1.165) is 34.7 Å². The molecule has 1 atom stereocenters. The van der Waals surface area contributed by atoms with Crippen molar-refractivity contribution in [2.24, 2.45) is 0 Å². The molecule has 1 aliphatic heterocycles. The normalized spacial score (nSPS) is 18.7. The Morgan fingerprint density at radius 3 is 2.56 bits per heavy atom. The van der Waals surface area contributed by atoms with Crippen molar-refractivity contribution in [3.8, 4) is 5.75 Å². The minimum atomic E-state index is -0.617. The number of hydrogen-bond donors (Lipinski definition) is 2. The zero-order valence-electron chi connectivity index (χ0n) is 16.0. The zero-order valence-corrected chi connectivity index (χ0v) is 16.8. The quantitative estimate of drug-likeness (QED) is 0.794. The molecule has 2 N–H and O–H groups in total. The summed E-state index contributed by atoms with van der Waals surface area (Å²) in [5.74, 6) is 0.781. The van der Waals surface area contributed by atoms with Gasteiger partial charge in [0.15, 0.2) is 0 Å². The van der Waals surface area contributed by atoms with E-state index in [2.05, 4.69) is 12.2 Å². The highest BCUT2D eigenvalue weighted by Crippen LogP contribution is 2.37. The number of halogens is 1. The molecule has 2 aromatic carbocycles. The van der Waals surface area contributed by atoms with Crippen molar-refractivity contribution in [2.45, 2.75) is 51.2 Å². The number of carbonyl (C=O) groups excluding carboxylic acids is 1. The van der Waals surface area contributed by atoms with Gasteiger partial charge in [0.25, 0.3) is 0 Å². The maximum atomic E-state index is 12.2. The van der Waals surface area contributed by atoms with Crippen molar-refractivity contribution in [1.29, 1.82) is 0 Å². The van der Waals surface area contributed by atoms with Crippen LogP contribution in [0.4, 0.5) is 0 Å². The van der Waals surface area contributed by atoms with E-state index < -0.39 is 5.54 Å². The zero-order chi connectivity index (χ0) is 19.7. The van der Waals surface area contributed by atoms with Gasteiger partial charge in [-0.05, 0) is 55.7 Å². The van der Waals surface area contributed by atoms with E-state index in [0.29, 0.717) is 0 Å². The molecule has 1 aliphatic rings. The van der Waals surface area contributed by atoms with Gasteiger partial charge in [0.2, 0.25) is 5.91 Å². The standard InChI is InChI=1S/C22H26ClNO3/c1-21(2,14-25)24-20(26)11-16-6-9-19-17(10-16)13-22(3,27-19)12-15-4-7-18(23)8-5-15/h4-10,25H,11-14H2,1-3H3,(H,24,26). The number of benzene rings is 2. The van der Waals surface area contributed by atoms with Crippen molar-refractivity contribution in [1.82, 2.24) is 5.32 Å². The van der Waals surface area contributed by atoms with Gasteiger partial charge >= 0.3 is 0 Å². The van der Waals surface area contributed by atoms with E-state index in [9.17, 15) is 9.90 Å². The van der Waals surface area contributed by atoms with Crippen molar-refractivity contribution >= 4 is 17.5 Å². The van der Waals surface area contributed by atoms with Crippen LogP contribution in [0.2, 0.25) is 5.02 Å². The summed E-state index contributed by atoms with van der Waals surface area (Å²) in [6.45, 7) is 5.60. The number of fused-ring (bicyclic) bond motifs is 1. The molecule has 0 saturated heterocycles. The van der Waals surface area contributed by atoms with E-state index in [-0.39, 0.29) is 24.5 Å². The van der Waals surface area contributed by atoms with E-state index >= 15 is 0 Å². The fourth-order valence-electron chi connectivity index (χ4n) is 3.46. The van der Waals surface area contributed by atoms with Gasteiger partial charge in [0.1, 0.15) is 11.4 Å². The van der Waals surface area contributed by atoms with Crippen molar-refractivity contribution < 1.29 is 14.6 Å². The number of hydrogen-bond acceptors (Lipinski definition) is 3. The summed E-state index contributed by atoms with van der Waals surface area (Å²) in [5.41, 5.74) is 2.32. The van der Waals surface area contributed by atoms with Crippen LogP contribution in [0, 0.1) is 0 Å². The minimum Gasteiger partial charge on any atom is -0.487 e. The van der Waals surface area contributed by atoms with Crippen LogP contribution in [-0.2, 0) is 24.1 Å². The number of nitrogens with one attached hydrogen (secondary N) is 1. The maximum absolute atomic E-state index is 12.2. The highest BCUT2D eigenvalue weighted by molar-refractivity contribution is 6.30. The summed E-state index contributed by atoms with van der Waals surface area (Å²) in [6.07, 6.45) is 1.87. The first-order valence-corrected chi connectivity index (χ1v) is 9.53. The predicted molar refractivity (Wildman–Crippen MR) is 107 cm³/mol. The minimum absolute atomic E-state index is 0.0974. The first-order chi connectivity index (χ1) is 12.7. The molecule has 144 valence electrons.